The molecule has 0 bridgehead atoms. The number of sulfonamides is 1. The number of nitrogens with zero attached hydrogens (tertiary/aromatic N) is 4. The Hall–Kier alpha value is -1.25. The molecular weight excluding hydrogens is 320 g/mol. The zero-order valence-electron chi connectivity index (χ0n) is 13.3. The van der Waals surface area contributed by atoms with Crippen LogP contribution in [0.15, 0.2) is 0 Å². The molecule has 1 fully saturated rings. The molecule has 1 aliphatic heterocycles. The lowest BCUT2D eigenvalue weighted by atomic mass is 10.2. The van der Waals surface area contributed by atoms with E-state index >= 15 is 0 Å². The summed E-state index contributed by atoms with van der Waals surface area (Å²) in [5.41, 5.74) is 1.22. The Bertz CT molecular complexity index is 821. The van der Waals surface area contributed by atoms with Crippen molar-refractivity contribution in [3.8, 4) is 0 Å². The topological polar surface area (TPSA) is 66.4 Å². The van der Waals surface area contributed by atoms with E-state index in [0.717, 1.165) is 21.9 Å². The molecule has 22 heavy (non-hydrogen) atoms. The fourth-order valence-corrected chi connectivity index (χ4v) is 4.69. The fraction of sp³-hybridized carbons (Fsp3) is 0.571. The Labute approximate surface area is 134 Å². The van der Waals surface area contributed by atoms with E-state index in [-0.39, 0.29) is 0 Å². The lowest BCUT2D eigenvalue weighted by Gasteiger charge is -2.34. The Morgan fingerprint density at radius 3 is 2.27 bits per heavy atom. The Morgan fingerprint density at radius 2 is 1.68 bits per heavy atom. The molecular formula is C14H20N4O2S2. The molecule has 0 spiro atoms. The minimum absolute atomic E-state index is 0.506. The van der Waals surface area contributed by atoms with Crippen molar-refractivity contribution < 1.29 is 8.42 Å². The number of aromatic nitrogens is 2. The molecule has 0 saturated carbocycles. The van der Waals surface area contributed by atoms with Gasteiger partial charge < -0.3 is 4.90 Å². The lowest BCUT2D eigenvalue weighted by Crippen LogP contribution is -2.48. The van der Waals surface area contributed by atoms with Gasteiger partial charge in [-0.3, -0.25) is 0 Å². The van der Waals surface area contributed by atoms with E-state index in [1.807, 2.05) is 6.92 Å². The maximum Gasteiger partial charge on any atom is 0.211 e. The van der Waals surface area contributed by atoms with E-state index < -0.39 is 10.0 Å². The summed E-state index contributed by atoms with van der Waals surface area (Å²) >= 11 is 1.69. The molecule has 8 heteroatoms. The van der Waals surface area contributed by atoms with Crippen LogP contribution in [0.3, 0.4) is 0 Å². The van der Waals surface area contributed by atoms with Gasteiger partial charge in [0.1, 0.15) is 16.5 Å². The number of piperazine rings is 1. The Balaban J connectivity index is 1.98. The molecule has 3 rings (SSSR count). The summed E-state index contributed by atoms with van der Waals surface area (Å²) < 4.78 is 24.8. The predicted molar refractivity (Wildman–Crippen MR) is 90.3 cm³/mol. The molecule has 0 atom stereocenters. The number of anilines is 1. The van der Waals surface area contributed by atoms with Gasteiger partial charge in [-0.1, -0.05) is 0 Å². The van der Waals surface area contributed by atoms with Crippen LogP contribution in [0.2, 0.25) is 0 Å². The third kappa shape index (κ3) is 2.70. The molecule has 2 aromatic rings. The minimum Gasteiger partial charge on any atom is -0.353 e. The second-order valence-corrected chi connectivity index (χ2v) is 8.89. The first-order valence-electron chi connectivity index (χ1n) is 7.22. The van der Waals surface area contributed by atoms with Crippen LogP contribution < -0.4 is 4.90 Å². The average molecular weight is 340 g/mol. The van der Waals surface area contributed by atoms with Crippen molar-refractivity contribution in [3.63, 3.8) is 0 Å². The average Bonchev–Trinajstić information content (AvgIpc) is 2.72. The highest BCUT2D eigenvalue weighted by Gasteiger charge is 2.26. The van der Waals surface area contributed by atoms with Gasteiger partial charge in [-0.25, -0.2) is 18.4 Å². The maximum atomic E-state index is 11.6. The summed E-state index contributed by atoms with van der Waals surface area (Å²) in [7, 11) is -3.11. The van der Waals surface area contributed by atoms with Crippen molar-refractivity contribution in [2.75, 3.05) is 37.3 Å². The number of hydrogen-bond donors (Lipinski definition) is 0. The first-order valence-corrected chi connectivity index (χ1v) is 9.88. The van der Waals surface area contributed by atoms with Gasteiger partial charge >= 0.3 is 0 Å². The predicted octanol–water partition coefficient (Wildman–Crippen LogP) is 1.70. The van der Waals surface area contributed by atoms with Gasteiger partial charge in [0, 0.05) is 31.1 Å². The summed E-state index contributed by atoms with van der Waals surface area (Å²) in [6, 6.07) is 0. The normalized spacial score (nSPS) is 17.4. The van der Waals surface area contributed by atoms with Crippen LogP contribution in [-0.2, 0) is 10.0 Å². The number of fused-ring (bicyclic) bond motifs is 1. The monoisotopic (exact) mass is 340 g/mol. The number of thiophene rings is 1. The van der Waals surface area contributed by atoms with Crippen molar-refractivity contribution in [1.82, 2.24) is 14.3 Å². The molecule has 0 aromatic carbocycles. The van der Waals surface area contributed by atoms with E-state index in [0.29, 0.717) is 26.2 Å². The molecule has 6 nitrogen and oxygen atoms in total. The molecule has 120 valence electrons. The lowest BCUT2D eigenvalue weighted by molar-refractivity contribution is 0.387. The molecule has 0 N–H and O–H groups in total. The number of rotatable bonds is 2. The van der Waals surface area contributed by atoms with Crippen LogP contribution in [-0.4, -0.2) is 55.1 Å². The summed E-state index contributed by atoms with van der Waals surface area (Å²) in [5.74, 6) is 1.70. The number of hydrogen-bond acceptors (Lipinski definition) is 6. The van der Waals surface area contributed by atoms with Crippen LogP contribution in [0.1, 0.15) is 16.3 Å². The highest BCUT2D eigenvalue weighted by Crippen LogP contribution is 2.35. The van der Waals surface area contributed by atoms with Gasteiger partial charge in [-0.2, -0.15) is 4.31 Å². The highest BCUT2D eigenvalue weighted by atomic mass is 32.2. The first-order chi connectivity index (χ1) is 10.3. The van der Waals surface area contributed by atoms with Crippen molar-refractivity contribution in [1.29, 1.82) is 0 Å². The smallest absolute Gasteiger partial charge is 0.211 e. The Morgan fingerprint density at radius 1 is 1.05 bits per heavy atom. The highest BCUT2D eigenvalue weighted by molar-refractivity contribution is 7.88. The van der Waals surface area contributed by atoms with E-state index in [1.165, 1.54) is 21.0 Å². The molecule has 0 unspecified atom stereocenters. The van der Waals surface area contributed by atoms with Gasteiger partial charge in [0.15, 0.2) is 0 Å². The molecule has 1 aliphatic rings. The SMILES string of the molecule is Cc1nc(N2CCN(S(C)(=O)=O)CC2)c2c(C)c(C)sc2n1. The Kier molecular flexibility index (Phi) is 3.86. The standard InChI is InChI=1S/C14H20N4O2S2/c1-9-10(2)21-14-12(9)13(15-11(3)16-14)17-5-7-18(8-6-17)22(4,19)20/h5-8H2,1-4H3. The largest absolute Gasteiger partial charge is 0.353 e. The van der Waals surface area contributed by atoms with Crippen LogP contribution in [0.5, 0.6) is 0 Å². The number of aryl methyl sites for hydroxylation is 3. The molecule has 1 saturated heterocycles. The van der Waals surface area contributed by atoms with Crippen molar-refractivity contribution in [2.45, 2.75) is 20.8 Å². The molecule has 0 aliphatic carbocycles. The summed E-state index contributed by atoms with van der Waals surface area (Å²) in [6.07, 6.45) is 1.27. The molecule has 0 radical (unpaired) electrons. The second-order valence-electron chi connectivity index (χ2n) is 5.71. The van der Waals surface area contributed by atoms with Crippen LogP contribution in [0.4, 0.5) is 5.82 Å². The quantitative estimate of drug-likeness (QED) is 0.832. The van der Waals surface area contributed by atoms with Crippen LogP contribution in [0.25, 0.3) is 10.2 Å². The second kappa shape index (κ2) is 5.43. The van der Waals surface area contributed by atoms with Crippen LogP contribution >= 0.6 is 11.3 Å². The summed E-state index contributed by atoms with van der Waals surface area (Å²) in [4.78, 5) is 13.6. The molecule has 2 aromatic heterocycles. The van der Waals surface area contributed by atoms with Crippen molar-refractivity contribution in [3.05, 3.63) is 16.3 Å². The van der Waals surface area contributed by atoms with Crippen molar-refractivity contribution >= 4 is 37.4 Å². The van der Waals surface area contributed by atoms with Crippen molar-refractivity contribution in [2.24, 2.45) is 0 Å². The third-order valence-electron chi connectivity index (χ3n) is 4.13. The van der Waals surface area contributed by atoms with Gasteiger partial charge in [0.2, 0.25) is 10.0 Å². The van der Waals surface area contributed by atoms with Gasteiger partial charge in [0.05, 0.1) is 11.6 Å². The van der Waals surface area contributed by atoms with Gasteiger partial charge in [-0.05, 0) is 26.3 Å². The zero-order valence-corrected chi connectivity index (χ0v) is 14.9. The van der Waals surface area contributed by atoms with Crippen LogP contribution in [0, 0.1) is 20.8 Å². The summed E-state index contributed by atoms with van der Waals surface area (Å²) in [6.45, 7) is 8.43. The van der Waals surface area contributed by atoms with Gasteiger partial charge in [-0.15, -0.1) is 11.3 Å². The zero-order chi connectivity index (χ0) is 16.1. The molecule has 3 heterocycles. The minimum atomic E-state index is -3.11. The van der Waals surface area contributed by atoms with Gasteiger partial charge in [0.25, 0.3) is 0 Å². The van der Waals surface area contributed by atoms with E-state index in [2.05, 4.69) is 28.7 Å². The maximum absolute atomic E-state index is 11.6. The molecule has 0 amide bonds. The van der Waals surface area contributed by atoms with E-state index in [4.69, 9.17) is 0 Å². The fourth-order valence-electron chi connectivity index (χ4n) is 2.79. The van der Waals surface area contributed by atoms with E-state index in [1.54, 1.807) is 11.3 Å². The van der Waals surface area contributed by atoms with E-state index in [9.17, 15) is 8.42 Å². The third-order valence-corrected chi connectivity index (χ3v) is 6.53. The first kappa shape index (κ1) is 15.6. The summed E-state index contributed by atoms with van der Waals surface area (Å²) in [5, 5.41) is 1.11.